The Labute approximate surface area is 210 Å². The smallest absolute Gasteiger partial charge is 0.334 e. The van der Waals surface area contributed by atoms with Gasteiger partial charge in [-0.25, -0.2) is 19.2 Å². The summed E-state index contributed by atoms with van der Waals surface area (Å²) in [5.74, 6) is 0.742. The van der Waals surface area contributed by atoms with Gasteiger partial charge in [0.15, 0.2) is 5.65 Å². The fourth-order valence-electron chi connectivity index (χ4n) is 5.38. The van der Waals surface area contributed by atoms with E-state index in [0.717, 1.165) is 54.8 Å². The van der Waals surface area contributed by atoms with Crippen LogP contribution >= 0.6 is 0 Å². The van der Waals surface area contributed by atoms with E-state index >= 15 is 0 Å². The fraction of sp³-hybridized carbons (Fsp3) is 0.481. The number of fused-ring (bicyclic) bond motifs is 1. The summed E-state index contributed by atoms with van der Waals surface area (Å²) in [6, 6.07) is 0.0472. The molecule has 1 N–H and O–H groups in total. The van der Waals surface area contributed by atoms with Crippen LogP contribution in [0.1, 0.15) is 69.5 Å². The summed E-state index contributed by atoms with van der Waals surface area (Å²) in [6.45, 7) is 5.64. The first-order valence-corrected chi connectivity index (χ1v) is 12.7. The Balaban J connectivity index is 1.56. The second-order valence-electron chi connectivity index (χ2n) is 10.0. The van der Waals surface area contributed by atoms with Crippen LogP contribution in [0.3, 0.4) is 0 Å². The van der Waals surface area contributed by atoms with E-state index < -0.39 is 0 Å². The number of methoxy groups -OCH3 is 1. The van der Waals surface area contributed by atoms with Gasteiger partial charge in [0.25, 0.3) is 0 Å². The van der Waals surface area contributed by atoms with Gasteiger partial charge in [-0.05, 0) is 51.5 Å². The zero-order valence-corrected chi connectivity index (χ0v) is 21.2. The topological polar surface area (TPSA) is 93.2 Å². The highest BCUT2D eigenvalue weighted by molar-refractivity contribution is 5.98. The van der Waals surface area contributed by atoms with Crippen molar-refractivity contribution in [3.8, 4) is 0 Å². The molecular weight excluding hydrogens is 456 g/mol. The van der Waals surface area contributed by atoms with Crippen LogP contribution in [-0.2, 0) is 9.53 Å². The standard InChI is InChI=1S/C27H34N6O3/c1-5-24(34)31(3)19-10-11-20(13-19)32-16-22(30-21-12-9-17(2)14-29-26(21)36-4)25-28-15-23(18-7-6-8-18)33(25)27(32)35/h5,12,14-16,18-20,30H,1,6-11,13H2,2-4H3. The van der Waals surface area contributed by atoms with Crippen molar-refractivity contribution in [1.82, 2.24) is 18.9 Å². The van der Waals surface area contributed by atoms with E-state index in [1.54, 1.807) is 23.5 Å². The fourth-order valence-corrected chi connectivity index (χ4v) is 5.38. The summed E-state index contributed by atoms with van der Waals surface area (Å²) < 4.78 is 9.16. The van der Waals surface area contributed by atoms with Crippen molar-refractivity contribution in [2.45, 2.75) is 69.9 Å². The lowest BCUT2D eigenvalue weighted by Crippen LogP contribution is -2.35. The summed E-state index contributed by atoms with van der Waals surface area (Å²) in [4.78, 5) is 36.9. The quantitative estimate of drug-likeness (QED) is 0.614. The number of aliphatic imine (C=N–C) groups is 1. The number of anilines is 1. The Morgan fingerprint density at radius 3 is 2.81 bits per heavy atom. The second-order valence-corrected chi connectivity index (χ2v) is 10.0. The monoisotopic (exact) mass is 490 g/mol. The third-order valence-corrected chi connectivity index (χ3v) is 7.80. The largest absolute Gasteiger partial charge is 0.480 e. The third-order valence-electron chi connectivity index (χ3n) is 7.80. The third kappa shape index (κ3) is 4.27. The number of carbonyl (C=O) groups is 1. The molecule has 0 saturated heterocycles. The predicted molar refractivity (Wildman–Crippen MR) is 140 cm³/mol. The summed E-state index contributed by atoms with van der Waals surface area (Å²) in [6.07, 6.45) is 15.3. The molecule has 0 aromatic carbocycles. The van der Waals surface area contributed by atoms with Crippen LogP contribution in [0.5, 0.6) is 0 Å². The van der Waals surface area contributed by atoms with E-state index in [-0.39, 0.29) is 23.7 Å². The van der Waals surface area contributed by atoms with Gasteiger partial charge >= 0.3 is 5.69 Å². The Morgan fingerprint density at radius 1 is 1.31 bits per heavy atom. The van der Waals surface area contributed by atoms with Crippen molar-refractivity contribution in [3.05, 3.63) is 64.8 Å². The van der Waals surface area contributed by atoms with Crippen molar-refractivity contribution >= 4 is 23.1 Å². The molecule has 1 amide bonds. The van der Waals surface area contributed by atoms with Gasteiger partial charge in [-0.1, -0.05) is 24.6 Å². The number of hydrogen-bond donors (Lipinski definition) is 1. The van der Waals surface area contributed by atoms with Gasteiger partial charge in [0.2, 0.25) is 11.8 Å². The van der Waals surface area contributed by atoms with Gasteiger partial charge in [-0.15, -0.1) is 0 Å². The van der Waals surface area contributed by atoms with Crippen LogP contribution < -0.4 is 11.0 Å². The minimum absolute atomic E-state index is 0.0215. The lowest BCUT2D eigenvalue weighted by atomic mass is 9.83. The van der Waals surface area contributed by atoms with Gasteiger partial charge in [-0.3, -0.25) is 9.36 Å². The maximum absolute atomic E-state index is 13.9. The molecule has 0 bridgehead atoms. The van der Waals surface area contributed by atoms with Crippen molar-refractivity contribution in [3.63, 3.8) is 0 Å². The van der Waals surface area contributed by atoms with E-state index in [4.69, 9.17) is 4.74 Å². The Morgan fingerprint density at radius 2 is 2.11 bits per heavy atom. The number of aromatic nitrogens is 3. The minimum atomic E-state index is -0.0942. The lowest BCUT2D eigenvalue weighted by Gasteiger charge is -2.26. The van der Waals surface area contributed by atoms with Gasteiger partial charge < -0.3 is 15.0 Å². The maximum atomic E-state index is 13.9. The average molecular weight is 491 g/mol. The SMILES string of the molecule is C=CC(=O)N(C)C1CCC(n2cc(NC3=CCC(C)=CN=C3OC)c3ncc(C4CCC4)n3c2=O)C1. The first kappa shape index (κ1) is 24.1. The van der Waals surface area contributed by atoms with Gasteiger partial charge in [0.1, 0.15) is 0 Å². The molecule has 2 aliphatic carbocycles. The number of likely N-dealkylation sites (N-methyl/N-ethyl adjacent to an activating group) is 1. The van der Waals surface area contributed by atoms with Gasteiger partial charge in [-0.2, -0.15) is 0 Å². The number of allylic oxidation sites excluding steroid dienone is 2. The molecule has 3 heterocycles. The summed E-state index contributed by atoms with van der Waals surface area (Å²) in [5.41, 5.74) is 4.10. The van der Waals surface area contributed by atoms with Crippen LogP contribution in [0, 0.1) is 0 Å². The average Bonchev–Trinajstić information content (AvgIpc) is 3.46. The highest BCUT2D eigenvalue weighted by atomic mass is 16.5. The van der Waals surface area contributed by atoms with E-state index in [0.29, 0.717) is 23.9 Å². The Hall–Kier alpha value is -3.62. The molecular formula is C27H34N6O3. The molecule has 2 unspecified atom stereocenters. The molecule has 190 valence electrons. The molecule has 9 heteroatoms. The van der Waals surface area contributed by atoms with Crippen molar-refractivity contribution in [2.24, 2.45) is 4.99 Å². The molecule has 9 nitrogen and oxygen atoms in total. The van der Waals surface area contributed by atoms with Crippen LogP contribution in [0.25, 0.3) is 5.65 Å². The molecule has 0 radical (unpaired) electrons. The Kier molecular flexibility index (Phi) is 6.55. The van der Waals surface area contributed by atoms with E-state index in [9.17, 15) is 9.59 Å². The molecule has 0 spiro atoms. The minimum Gasteiger partial charge on any atom is -0.480 e. The zero-order chi connectivity index (χ0) is 25.4. The van der Waals surface area contributed by atoms with Crippen LogP contribution in [0.4, 0.5) is 5.69 Å². The normalized spacial score (nSPS) is 22.2. The molecule has 1 aliphatic heterocycles. The summed E-state index contributed by atoms with van der Waals surface area (Å²) in [5, 5.41) is 3.48. The second kappa shape index (κ2) is 9.79. The number of hydrogen-bond acceptors (Lipinski definition) is 6. The Bertz CT molecular complexity index is 1340. The van der Waals surface area contributed by atoms with Crippen molar-refractivity contribution in [1.29, 1.82) is 0 Å². The number of nitrogens with zero attached hydrogens (tertiary/aromatic N) is 5. The lowest BCUT2D eigenvalue weighted by molar-refractivity contribution is -0.126. The summed E-state index contributed by atoms with van der Waals surface area (Å²) in [7, 11) is 3.41. The first-order valence-electron chi connectivity index (χ1n) is 12.7. The first-order chi connectivity index (χ1) is 17.4. The molecule has 2 aromatic heterocycles. The molecule has 2 saturated carbocycles. The number of ether oxygens (including phenoxy) is 1. The van der Waals surface area contributed by atoms with Gasteiger partial charge in [0.05, 0.1) is 24.2 Å². The highest BCUT2D eigenvalue weighted by Crippen LogP contribution is 2.38. The number of imidazole rings is 1. The molecule has 2 fully saturated rings. The number of amides is 1. The van der Waals surface area contributed by atoms with Crippen LogP contribution in [0.15, 0.2) is 58.4 Å². The molecule has 5 rings (SSSR count). The van der Waals surface area contributed by atoms with Crippen LogP contribution in [-0.4, -0.2) is 50.9 Å². The van der Waals surface area contributed by atoms with Gasteiger partial charge in [0, 0.05) is 43.6 Å². The molecule has 2 aromatic rings. The van der Waals surface area contributed by atoms with Crippen LogP contribution in [0.2, 0.25) is 0 Å². The highest BCUT2D eigenvalue weighted by Gasteiger charge is 2.33. The van der Waals surface area contributed by atoms with E-state index in [2.05, 4.69) is 21.9 Å². The van der Waals surface area contributed by atoms with E-state index in [1.165, 1.54) is 12.5 Å². The van der Waals surface area contributed by atoms with E-state index in [1.807, 2.05) is 36.2 Å². The zero-order valence-electron chi connectivity index (χ0n) is 21.2. The molecule has 3 aliphatic rings. The predicted octanol–water partition coefficient (Wildman–Crippen LogP) is 4.15. The number of carbonyl (C=O) groups excluding carboxylic acids is 1. The summed E-state index contributed by atoms with van der Waals surface area (Å²) >= 11 is 0. The van der Waals surface area contributed by atoms with Crippen molar-refractivity contribution in [2.75, 3.05) is 19.5 Å². The molecule has 2 atom stereocenters. The number of rotatable bonds is 6. The van der Waals surface area contributed by atoms with Crippen molar-refractivity contribution < 1.29 is 9.53 Å². The number of nitrogens with one attached hydrogen (secondary N) is 1. The maximum Gasteiger partial charge on any atom is 0.334 e. The molecule has 36 heavy (non-hydrogen) atoms.